The molecule has 1 aromatic heterocycles. The van der Waals surface area contributed by atoms with Crippen LogP contribution in [0, 0.1) is 5.82 Å². The Bertz CT molecular complexity index is 1100. The molecule has 0 saturated carbocycles. The second kappa shape index (κ2) is 9.36. The molecule has 0 aliphatic heterocycles. The summed E-state index contributed by atoms with van der Waals surface area (Å²) in [4.78, 5) is 24.2. The van der Waals surface area contributed by atoms with Crippen LogP contribution in [0.25, 0.3) is 0 Å². The van der Waals surface area contributed by atoms with Gasteiger partial charge in [0.1, 0.15) is 16.8 Å². The first-order valence-corrected chi connectivity index (χ1v) is 10.6. The number of amides is 2. The lowest BCUT2D eigenvalue weighted by Gasteiger charge is -2.16. The monoisotopic (exact) mass is 430 g/mol. The van der Waals surface area contributed by atoms with Crippen molar-refractivity contribution in [2.45, 2.75) is 16.7 Å². The number of furan rings is 1. The molecule has 3 rings (SSSR count). The average molecular weight is 430 g/mol. The Balaban J connectivity index is 1.66. The number of hydrogen-bond acceptors (Lipinski definition) is 5. The van der Waals surface area contributed by atoms with E-state index >= 15 is 0 Å². The van der Waals surface area contributed by atoms with Crippen LogP contribution in [-0.2, 0) is 26.0 Å². The van der Waals surface area contributed by atoms with E-state index in [0.29, 0.717) is 5.56 Å². The van der Waals surface area contributed by atoms with Gasteiger partial charge in [0.2, 0.25) is 0 Å². The van der Waals surface area contributed by atoms with E-state index in [-0.39, 0.29) is 23.7 Å². The lowest BCUT2D eigenvalue weighted by molar-refractivity contribution is -0.139. The Morgan fingerprint density at radius 1 is 0.900 bits per heavy atom. The number of carbonyl (C=O) groups excluding carboxylic acids is 2. The maximum absolute atomic E-state index is 13.0. The molecule has 0 aliphatic carbocycles. The summed E-state index contributed by atoms with van der Waals surface area (Å²) < 4.78 is 44.2. The van der Waals surface area contributed by atoms with Crippen molar-refractivity contribution in [1.29, 1.82) is 0 Å². The number of hydrogen-bond donors (Lipinski definition) is 2. The van der Waals surface area contributed by atoms with E-state index in [1.807, 2.05) is 0 Å². The smallest absolute Gasteiger partial charge is 0.309 e. The van der Waals surface area contributed by atoms with Crippen LogP contribution in [0.5, 0.6) is 0 Å². The lowest BCUT2D eigenvalue weighted by atomic mass is 10.2. The molecule has 2 aromatic carbocycles. The molecule has 7 nitrogen and oxygen atoms in total. The van der Waals surface area contributed by atoms with E-state index in [4.69, 9.17) is 4.42 Å². The van der Waals surface area contributed by atoms with Crippen LogP contribution in [0.2, 0.25) is 0 Å². The summed E-state index contributed by atoms with van der Waals surface area (Å²) in [5, 5.41) is 3.54. The zero-order valence-electron chi connectivity index (χ0n) is 15.7. The molecule has 3 aromatic rings. The van der Waals surface area contributed by atoms with E-state index in [1.165, 1.54) is 48.7 Å². The van der Waals surface area contributed by atoms with Gasteiger partial charge in [-0.05, 0) is 42.0 Å². The molecule has 1 atom stereocenters. The maximum Gasteiger partial charge on any atom is 0.309 e. The minimum absolute atomic E-state index is 0.0243. The van der Waals surface area contributed by atoms with Crippen molar-refractivity contribution in [3.8, 4) is 0 Å². The fourth-order valence-corrected chi connectivity index (χ4v) is 4.35. The van der Waals surface area contributed by atoms with Crippen molar-refractivity contribution >= 4 is 21.7 Å². The number of halogens is 1. The molecule has 1 heterocycles. The SMILES string of the molecule is O=C(NCc1ccc(F)cc1)C(=O)NCC(c1ccco1)S(=O)(=O)c1ccccc1. The van der Waals surface area contributed by atoms with Gasteiger partial charge in [-0.15, -0.1) is 0 Å². The van der Waals surface area contributed by atoms with Gasteiger partial charge in [0.05, 0.1) is 11.2 Å². The van der Waals surface area contributed by atoms with Gasteiger partial charge in [-0.1, -0.05) is 30.3 Å². The van der Waals surface area contributed by atoms with Gasteiger partial charge in [0.15, 0.2) is 9.84 Å². The molecule has 30 heavy (non-hydrogen) atoms. The van der Waals surface area contributed by atoms with Crippen LogP contribution in [0.4, 0.5) is 4.39 Å². The van der Waals surface area contributed by atoms with E-state index in [9.17, 15) is 22.4 Å². The molecule has 1 unspecified atom stereocenters. The topological polar surface area (TPSA) is 105 Å². The Morgan fingerprint density at radius 2 is 1.57 bits per heavy atom. The molecule has 2 amide bonds. The third-order valence-corrected chi connectivity index (χ3v) is 6.40. The van der Waals surface area contributed by atoms with E-state index in [1.54, 1.807) is 24.3 Å². The lowest BCUT2D eigenvalue weighted by Crippen LogP contribution is -2.42. The van der Waals surface area contributed by atoms with Gasteiger partial charge in [0.25, 0.3) is 0 Å². The summed E-state index contributed by atoms with van der Waals surface area (Å²) >= 11 is 0. The average Bonchev–Trinajstić information content (AvgIpc) is 3.28. The van der Waals surface area contributed by atoms with Gasteiger partial charge in [-0.3, -0.25) is 9.59 Å². The van der Waals surface area contributed by atoms with Crippen LogP contribution in [0.15, 0.2) is 82.3 Å². The summed E-state index contributed by atoms with van der Waals surface area (Å²) in [6, 6.07) is 16.2. The first-order valence-electron chi connectivity index (χ1n) is 9.01. The van der Waals surface area contributed by atoms with E-state index < -0.39 is 32.7 Å². The molecule has 156 valence electrons. The summed E-state index contributed by atoms with van der Waals surface area (Å²) in [5.74, 6) is -2.19. The maximum atomic E-state index is 13.0. The fourth-order valence-electron chi connectivity index (χ4n) is 2.74. The summed E-state index contributed by atoms with van der Waals surface area (Å²) in [7, 11) is -3.88. The highest BCUT2D eigenvalue weighted by Crippen LogP contribution is 2.28. The Morgan fingerprint density at radius 3 is 2.20 bits per heavy atom. The zero-order valence-corrected chi connectivity index (χ0v) is 16.6. The molecule has 0 fully saturated rings. The van der Waals surface area contributed by atoms with Crippen molar-refractivity contribution in [1.82, 2.24) is 10.6 Å². The van der Waals surface area contributed by atoms with Crippen molar-refractivity contribution in [3.63, 3.8) is 0 Å². The minimum atomic E-state index is -3.88. The molecule has 9 heteroatoms. The number of sulfone groups is 1. The number of benzene rings is 2. The van der Waals surface area contributed by atoms with Gasteiger partial charge >= 0.3 is 11.8 Å². The second-order valence-corrected chi connectivity index (χ2v) is 8.51. The minimum Gasteiger partial charge on any atom is -0.468 e. The van der Waals surface area contributed by atoms with Crippen molar-refractivity contribution in [2.75, 3.05) is 6.54 Å². The number of nitrogens with one attached hydrogen (secondary N) is 2. The largest absolute Gasteiger partial charge is 0.468 e. The molecular formula is C21H19FN2O5S. The van der Waals surface area contributed by atoms with E-state index in [2.05, 4.69) is 10.6 Å². The summed E-state index contributed by atoms with van der Waals surface area (Å²) in [6.07, 6.45) is 1.33. The van der Waals surface area contributed by atoms with E-state index in [0.717, 1.165) is 0 Å². The summed E-state index contributed by atoms with van der Waals surface area (Å²) in [5.41, 5.74) is 0.609. The molecule has 0 saturated heterocycles. The van der Waals surface area contributed by atoms with Crippen LogP contribution in [-0.4, -0.2) is 26.8 Å². The summed E-state index contributed by atoms with van der Waals surface area (Å²) in [6.45, 7) is -0.329. The zero-order chi connectivity index (χ0) is 21.6. The quantitative estimate of drug-likeness (QED) is 0.560. The van der Waals surface area contributed by atoms with Gasteiger partial charge in [0, 0.05) is 13.1 Å². The third kappa shape index (κ3) is 5.12. The second-order valence-electron chi connectivity index (χ2n) is 6.38. The van der Waals surface area contributed by atoms with Gasteiger partial charge < -0.3 is 15.1 Å². The molecule has 0 radical (unpaired) electrons. The normalized spacial score (nSPS) is 12.2. The first-order chi connectivity index (χ1) is 14.4. The molecular weight excluding hydrogens is 411 g/mol. The van der Waals surface area contributed by atoms with Crippen molar-refractivity contribution in [2.24, 2.45) is 0 Å². The van der Waals surface area contributed by atoms with Crippen molar-refractivity contribution < 1.29 is 26.8 Å². The van der Waals surface area contributed by atoms with Gasteiger partial charge in [-0.2, -0.15) is 0 Å². The highest BCUT2D eigenvalue weighted by Gasteiger charge is 2.32. The van der Waals surface area contributed by atoms with Crippen LogP contribution >= 0.6 is 0 Å². The molecule has 0 spiro atoms. The standard InChI is InChI=1S/C21H19FN2O5S/c22-16-10-8-15(9-11-16)13-23-20(25)21(26)24-14-19(18-7-4-12-29-18)30(27,28)17-5-2-1-3-6-17/h1-12,19H,13-14H2,(H,23,25)(H,24,26). The van der Waals surface area contributed by atoms with Crippen LogP contribution in [0.1, 0.15) is 16.6 Å². The molecule has 0 aliphatic rings. The van der Waals surface area contributed by atoms with Gasteiger partial charge in [-0.25, -0.2) is 12.8 Å². The van der Waals surface area contributed by atoms with Crippen LogP contribution in [0.3, 0.4) is 0 Å². The Kier molecular flexibility index (Phi) is 6.63. The highest BCUT2D eigenvalue weighted by atomic mass is 32.2. The third-order valence-electron chi connectivity index (χ3n) is 4.33. The molecule has 0 bridgehead atoms. The predicted molar refractivity (Wildman–Crippen MR) is 106 cm³/mol. The van der Waals surface area contributed by atoms with Crippen molar-refractivity contribution in [3.05, 3.63) is 90.1 Å². The first kappa shape index (κ1) is 21.3. The Labute approximate surface area is 172 Å². The number of carbonyl (C=O) groups is 2. The predicted octanol–water partition coefficient (Wildman–Crippen LogP) is 2.37. The highest BCUT2D eigenvalue weighted by molar-refractivity contribution is 7.91. The molecule has 2 N–H and O–H groups in total. The number of rotatable bonds is 7. The van der Waals surface area contributed by atoms with Crippen LogP contribution < -0.4 is 10.6 Å². The fraction of sp³-hybridized carbons (Fsp3) is 0.143. The Hall–Kier alpha value is -3.46.